The van der Waals surface area contributed by atoms with Gasteiger partial charge in [-0.05, 0) is 19.8 Å². The standard InChI is InChI=1S/C10H22O2/c1-4-6-7-10(3,5-2)12-9-8-11/h11H,4-9H2,1-3H3. The van der Waals surface area contributed by atoms with Crippen molar-refractivity contribution in [2.24, 2.45) is 0 Å². The first-order valence-electron chi connectivity index (χ1n) is 4.93. The van der Waals surface area contributed by atoms with Crippen molar-refractivity contribution in [3.63, 3.8) is 0 Å². The molecule has 0 aliphatic heterocycles. The van der Waals surface area contributed by atoms with E-state index in [1.54, 1.807) is 0 Å². The van der Waals surface area contributed by atoms with Crippen molar-refractivity contribution in [1.82, 2.24) is 0 Å². The summed E-state index contributed by atoms with van der Waals surface area (Å²) in [6.45, 7) is 7.03. The summed E-state index contributed by atoms with van der Waals surface area (Å²) in [5.41, 5.74) is -0.0151. The van der Waals surface area contributed by atoms with Crippen molar-refractivity contribution in [1.29, 1.82) is 0 Å². The van der Waals surface area contributed by atoms with E-state index in [4.69, 9.17) is 9.84 Å². The Kier molecular flexibility index (Phi) is 6.39. The summed E-state index contributed by atoms with van der Waals surface area (Å²) in [5, 5.41) is 8.63. The van der Waals surface area contributed by atoms with E-state index in [1.165, 1.54) is 12.8 Å². The van der Waals surface area contributed by atoms with Crippen LogP contribution in [-0.4, -0.2) is 23.9 Å². The Hall–Kier alpha value is -0.0800. The number of aliphatic hydroxyl groups is 1. The quantitative estimate of drug-likeness (QED) is 0.642. The van der Waals surface area contributed by atoms with Gasteiger partial charge in [-0.3, -0.25) is 0 Å². The summed E-state index contributed by atoms with van der Waals surface area (Å²) in [6.07, 6.45) is 4.53. The van der Waals surface area contributed by atoms with Crippen molar-refractivity contribution >= 4 is 0 Å². The van der Waals surface area contributed by atoms with Gasteiger partial charge in [-0.1, -0.05) is 26.7 Å². The molecule has 1 unspecified atom stereocenters. The average Bonchev–Trinajstić information content (AvgIpc) is 2.11. The fourth-order valence-electron chi connectivity index (χ4n) is 1.19. The number of rotatable bonds is 7. The van der Waals surface area contributed by atoms with Crippen LogP contribution in [0.4, 0.5) is 0 Å². The second-order valence-electron chi connectivity index (χ2n) is 3.48. The van der Waals surface area contributed by atoms with Crippen LogP contribution in [0.25, 0.3) is 0 Å². The molecule has 2 heteroatoms. The summed E-state index contributed by atoms with van der Waals surface area (Å²) < 4.78 is 5.58. The van der Waals surface area contributed by atoms with Gasteiger partial charge >= 0.3 is 0 Å². The Morgan fingerprint density at radius 1 is 1.33 bits per heavy atom. The molecule has 74 valence electrons. The van der Waals surface area contributed by atoms with Crippen LogP contribution in [0.15, 0.2) is 0 Å². The lowest BCUT2D eigenvalue weighted by Crippen LogP contribution is -2.29. The van der Waals surface area contributed by atoms with Gasteiger partial charge in [0, 0.05) is 0 Å². The third-order valence-corrected chi connectivity index (χ3v) is 2.35. The van der Waals surface area contributed by atoms with Crippen molar-refractivity contribution < 1.29 is 9.84 Å². The second-order valence-corrected chi connectivity index (χ2v) is 3.48. The molecule has 0 aromatic carbocycles. The molecule has 0 radical (unpaired) electrons. The molecular weight excluding hydrogens is 152 g/mol. The van der Waals surface area contributed by atoms with Gasteiger partial charge < -0.3 is 9.84 Å². The van der Waals surface area contributed by atoms with E-state index in [0.717, 1.165) is 12.8 Å². The van der Waals surface area contributed by atoms with Crippen LogP contribution in [0.2, 0.25) is 0 Å². The highest BCUT2D eigenvalue weighted by atomic mass is 16.5. The number of ether oxygens (including phenoxy) is 1. The summed E-state index contributed by atoms with van der Waals surface area (Å²) >= 11 is 0. The zero-order valence-corrected chi connectivity index (χ0v) is 8.60. The highest BCUT2D eigenvalue weighted by molar-refractivity contribution is 4.72. The molecule has 0 heterocycles. The van der Waals surface area contributed by atoms with Crippen LogP contribution in [0.5, 0.6) is 0 Å². The zero-order chi connectivity index (χ0) is 9.45. The fraction of sp³-hybridized carbons (Fsp3) is 1.00. The van der Waals surface area contributed by atoms with E-state index in [9.17, 15) is 0 Å². The molecule has 12 heavy (non-hydrogen) atoms. The van der Waals surface area contributed by atoms with E-state index >= 15 is 0 Å². The number of unbranched alkanes of at least 4 members (excludes halogenated alkanes) is 1. The van der Waals surface area contributed by atoms with Gasteiger partial charge in [-0.25, -0.2) is 0 Å². The molecule has 0 saturated heterocycles. The molecule has 0 aliphatic rings. The molecule has 1 atom stereocenters. The highest BCUT2D eigenvalue weighted by Crippen LogP contribution is 2.22. The fourth-order valence-corrected chi connectivity index (χ4v) is 1.19. The lowest BCUT2D eigenvalue weighted by atomic mass is 9.96. The smallest absolute Gasteiger partial charge is 0.0705 e. The van der Waals surface area contributed by atoms with E-state index in [-0.39, 0.29) is 12.2 Å². The van der Waals surface area contributed by atoms with Crippen LogP contribution in [0, 0.1) is 0 Å². The van der Waals surface area contributed by atoms with E-state index in [1.807, 2.05) is 0 Å². The Morgan fingerprint density at radius 2 is 2.00 bits per heavy atom. The summed E-state index contributed by atoms with van der Waals surface area (Å²) in [6, 6.07) is 0. The van der Waals surface area contributed by atoms with Crippen LogP contribution in [0.3, 0.4) is 0 Å². The first-order chi connectivity index (χ1) is 5.68. The monoisotopic (exact) mass is 174 g/mol. The number of hydrogen-bond acceptors (Lipinski definition) is 2. The van der Waals surface area contributed by atoms with Crippen molar-refractivity contribution in [3.8, 4) is 0 Å². The Labute approximate surface area is 75.9 Å². The molecule has 0 bridgehead atoms. The maximum Gasteiger partial charge on any atom is 0.0705 e. The Balaban J connectivity index is 3.70. The SMILES string of the molecule is CCCCC(C)(CC)OCCO. The van der Waals surface area contributed by atoms with Gasteiger partial charge in [0.15, 0.2) is 0 Å². The maximum absolute atomic E-state index is 8.63. The largest absolute Gasteiger partial charge is 0.394 e. The second kappa shape index (κ2) is 6.44. The first kappa shape index (κ1) is 11.9. The zero-order valence-electron chi connectivity index (χ0n) is 8.60. The Morgan fingerprint density at radius 3 is 2.42 bits per heavy atom. The number of aliphatic hydroxyl groups excluding tert-OH is 1. The van der Waals surface area contributed by atoms with E-state index in [0.29, 0.717) is 6.61 Å². The van der Waals surface area contributed by atoms with Crippen LogP contribution in [-0.2, 0) is 4.74 Å². The van der Waals surface area contributed by atoms with Crippen molar-refractivity contribution in [2.75, 3.05) is 13.2 Å². The summed E-state index contributed by atoms with van der Waals surface area (Å²) in [4.78, 5) is 0. The predicted molar refractivity (Wildman–Crippen MR) is 51.3 cm³/mol. The molecule has 0 fully saturated rings. The summed E-state index contributed by atoms with van der Waals surface area (Å²) in [5.74, 6) is 0. The molecule has 0 amide bonds. The topological polar surface area (TPSA) is 29.5 Å². The molecule has 1 N–H and O–H groups in total. The minimum absolute atomic E-state index is 0.0151. The van der Waals surface area contributed by atoms with Gasteiger partial charge in [-0.15, -0.1) is 0 Å². The molecule has 0 rings (SSSR count). The lowest BCUT2D eigenvalue weighted by Gasteiger charge is -2.28. The van der Waals surface area contributed by atoms with Gasteiger partial charge in [0.05, 0.1) is 18.8 Å². The molecule has 0 aromatic rings. The van der Waals surface area contributed by atoms with E-state index < -0.39 is 0 Å². The lowest BCUT2D eigenvalue weighted by molar-refractivity contribution is -0.0544. The van der Waals surface area contributed by atoms with Crippen LogP contribution < -0.4 is 0 Å². The minimum atomic E-state index is -0.0151. The molecular formula is C10H22O2. The third-order valence-electron chi connectivity index (χ3n) is 2.35. The van der Waals surface area contributed by atoms with Gasteiger partial charge in [-0.2, -0.15) is 0 Å². The number of hydrogen-bond donors (Lipinski definition) is 1. The van der Waals surface area contributed by atoms with Crippen molar-refractivity contribution in [3.05, 3.63) is 0 Å². The maximum atomic E-state index is 8.63. The van der Waals surface area contributed by atoms with Gasteiger partial charge in [0.1, 0.15) is 0 Å². The van der Waals surface area contributed by atoms with Crippen LogP contribution in [0.1, 0.15) is 46.5 Å². The molecule has 0 saturated carbocycles. The van der Waals surface area contributed by atoms with E-state index in [2.05, 4.69) is 20.8 Å². The Bertz CT molecular complexity index is 94.0. The van der Waals surface area contributed by atoms with Gasteiger partial charge in [0.2, 0.25) is 0 Å². The van der Waals surface area contributed by atoms with Crippen LogP contribution >= 0.6 is 0 Å². The molecule has 2 nitrogen and oxygen atoms in total. The normalized spacial score (nSPS) is 16.0. The molecule has 0 aromatic heterocycles. The third kappa shape index (κ3) is 4.73. The minimum Gasteiger partial charge on any atom is -0.394 e. The average molecular weight is 174 g/mol. The first-order valence-corrected chi connectivity index (χ1v) is 4.93. The molecule has 0 spiro atoms. The summed E-state index contributed by atoms with van der Waals surface area (Å²) in [7, 11) is 0. The molecule has 0 aliphatic carbocycles. The van der Waals surface area contributed by atoms with Gasteiger partial charge in [0.25, 0.3) is 0 Å². The van der Waals surface area contributed by atoms with Crippen molar-refractivity contribution in [2.45, 2.75) is 52.1 Å². The highest BCUT2D eigenvalue weighted by Gasteiger charge is 2.21. The predicted octanol–water partition coefficient (Wildman–Crippen LogP) is 2.35.